The molecule has 1 N–H and O–H groups in total. The van der Waals surface area contributed by atoms with Crippen molar-refractivity contribution in [3.63, 3.8) is 0 Å². The maximum Gasteiger partial charge on any atom is 0.325 e. The van der Waals surface area contributed by atoms with Crippen molar-refractivity contribution in [1.82, 2.24) is 10.1 Å². The largest absolute Gasteiger partial charge is 0.325 e. The van der Waals surface area contributed by atoms with Gasteiger partial charge in [0.25, 0.3) is 6.17 Å². The van der Waals surface area contributed by atoms with Crippen LogP contribution in [0.5, 0.6) is 0 Å². The average molecular weight is 456 g/mol. The van der Waals surface area contributed by atoms with Gasteiger partial charge in [0.15, 0.2) is 0 Å². The molecule has 0 saturated heterocycles. The van der Waals surface area contributed by atoms with Crippen molar-refractivity contribution in [1.29, 1.82) is 0 Å². The maximum absolute atomic E-state index is 13.2. The number of benzene rings is 2. The Hall–Kier alpha value is -2.64. The highest BCUT2D eigenvalue weighted by molar-refractivity contribution is 7.99. The van der Waals surface area contributed by atoms with Crippen molar-refractivity contribution < 1.29 is 9.48 Å². The molecule has 3 aromatic rings. The molecule has 2 heterocycles. The number of rotatable bonds is 6. The van der Waals surface area contributed by atoms with Crippen molar-refractivity contribution in [3.8, 4) is 11.3 Å². The molecule has 1 unspecified atom stereocenters. The van der Waals surface area contributed by atoms with Crippen LogP contribution < -0.4 is 15.1 Å². The molecule has 6 nitrogen and oxygen atoms in total. The molecule has 4 rings (SSSR count). The molecule has 0 aliphatic carbocycles. The molecular formula is C23H24ClN4O2S+. The molecule has 0 bridgehead atoms. The molecule has 31 heavy (non-hydrogen) atoms. The number of fused-ring (bicyclic) bond motifs is 3. The molecule has 0 saturated carbocycles. The van der Waals surface area contributed by atoms with Gasteiger partial charge in [0.2, 0.25) is 11.1 Å². The van der Waals surface area contributed by atoms with Crippen molar-refractivity contribution in [3.05, 3.63) is 69.5 Å². The number of nitrogens with zero attached hydrogens (tertiary/aromatic N) is 3. The van der Waals surface area contributed by atoms with E-state index < -0.39 is 6.17 Å². The van der Waals surface area contributed by atoms with E-state index in [4.69, 9.17) is 16.7 Å². The van der Waals surface area contributed by atoms with Crippen LogP contribution in [-0.4, -0.2) is 21.7 Å². The number of aromatic nitrogens is 3. The van der Waals surface area contributed by atoms with E-state index in [1.165, 1.54) is 18.7 Å². The summed E-state index contributed by atoms with van der Waals surface area (Å²) in [6.07, 6.45) is 2.70. The highest BCUT2D eigenvalue weighted by Gasteiger charge is 2.44. The second-order valence-electron chi connectivity index (χ2n) is 7.44. The summed E-state index contributed by atoms with van der Waals surface area (Å²) < 4.78 is 1.66. The Morgan fingerprint density at radius 1 is 1.23 bits per heavy atom. The fourth-order valence-corrected chi connectivity index (χ4v) is 4.92. The molecule has 8 heteroatoms. The molecular weight excluding hydrogens is 432 g/mol. The zero-order valence-corrected chi connectivity index (χ0v) is 19.0. The van der Waals surface area contributed by atoms with Gasteiger partial charge in [0, 0.05) is 28.4 Å². The summed E-state index contributed by atoms with van der Waals surface area (Å²) in [7, 11) is 0. The number of amides is 1. The van der Waals surface area contributed by atoms with Crippen LogP contribution in [0.1, 0.15) is 44.8 Å². The topological polar surface area (TPSA) is 69.9 Å². The van der Waals surface area contributed by atoms with E-state index in [1.54, 1.807) is 15.6 Å². The minimum absolute atomic E-state index is 0.144. The fourth-order valence-electron chi connectivity index (χ4n) is 3.87. The summed E-state index contributed by atoms with van der Waals surface area (Å²) in [5.41, 5.74) is 2.33. The van der Waals surface area contributed by atoms with Gasteiger partial charge in [-0.15, -0.1) is 0 Å². The maximum atomic E-state index is 13.2. The Labute approximate surface area is 190 Å². The van der Waals surface area contributed by atoms with E-state index in [2.05, 4.69) is 11.9 Å². The zero-order chi connectivity index (χ0) is 22.0. The lowest BCUT2D eigenvalue weighted by molar-refractivity contribution is -0.763. The SMILES string of the molecule is CCCCCSc1n[n+]2c(c(=O)[nH]1)-c1ccccc1N(C(C)=O)C2c1cccc(Cl)c1. The van der Waals surface area contributed by atoms with Crippen LogP contribution >= 0.6 is 23.4 Å². The number of hydrogen-bond donors (Lipinski definition) is 1. The molecule has 160 valence electrons. The van der Waals surface area contributed by atoms with E-state index in [0.717, 1.165) is 30.6 Å². The summed E-state index contributed by atoms with van der Waals surface area (Å²) in [5.74, 6) is 0.722. The van der Waals surface area contributed by atoms with Gasteiger partial charge in [-0.2, -0.15) is 0 Å². The Morgan fingerprint density at radius 3 is 2.77 bits per heavy atom. The zero-order valence-electron chi connectivity index (χ0n) is 17.5. The van der Waals surface area contributed by atoms with Gasteiger partial charge < -0.3 is 0 Å². The summed E-state index contributed by atoms with van der Waals surface area (Å²) in [6, 6.07) is 14.7. The quantitative estimate of drug-likeness (QED) is 0.335. The van der Waals surface area contributed by atoms with E-state index in [-0.39, 0.29) is 11.5 Å². The van der Waals surface area contributed by atoms with Crippen LogP contribution in [0.4, 0.5) is 5.69 Å². The molecule has 0 fully saturated rings. The molecule has 1 amide bonds. The van der Waals surface area contributed by atoms with E-state index in [1.807, 2.05) is 42.5 Å². The highest BCUT2D eigenvalue weighted by Crippen LogP contribution is 2.37. The fraction of sp³-hybridized carbons (Fsp3) is 0.304. The molecule has 1 atom stereocenters. The monoisotopic (exact) mass is 455 g/mol. The third-order valence-electron chi connectivity index (χ3n) is 5.23. The minimum Gasteiger partial charge on any atom is -0.291 e. The number of hydrogen-bond acceptors (Lipinski definition) is 4. The summed E-state index contributed by atoms with van der Waals surface area (Å²) in [6.45, 7) is 3.68. The number of nitrogens with one attached hydrogen (secondary N) is 1. The van der Waals surface area contributed by atoms with E-state index in [0.29, 0.717) is 27.1 Å². The highest BCUT2D eigenvalue weighted by atomic mass is 35.5. The van der Waals surface area contributed by atoms with Gasteiger partial charge >= 0.3 is 11.3 Å². The molecule has 1 aliphatic heterocycles. The van der Waals surface area contributed by atoms with Crippen LogP contribution in [0, 0.1) is 0 Å². The van der Waals surface area contributed by atoms with Gasteiger partial charge in [-0.05, 0) is 35.4 Å². The average Bonchev–Trinajstić information content (AvgIpc) is 2.75. The number of H-pyrrole nitrogens is 1. The van der Waals surface area contributed by atoms with Crippen LogP contribution in [0.25, 0.3) is 11.3 Å². The molecule has 1 aromatic heterocycles. The molecule has 2 aromatic carbocycles. The number of thioether (sulfide) groups is 1. The summed E-state index contributed by atoms with van der Waals surface area (Å²) in [4.78, 5) is 30.6. The Balaban J connectivity index is 1.92. The molecule has 1 aliphatic rings. The van der Waals surface area contributed by atoms with Crippen molar-refractivity contribution in [2.24, 2.45) is 0 Å². The first-order valence-electron chi connectivity index (χ1n) is 10.3. The predicted octanol–water partition coefficient (Wildman–Crippen LogP) is 4.57. The van der Waals surface area contributed by atoms with Gasteiger partial charge in [-0.3, -0.25) is 14.6 Å². The van der Waals surface area contributed by atoms with Crippen molar-refractivity contribution in [2.45, 2.75) is 44.4 Å². The lowest BCUT2D eigenvalue weighted by atomic mass is 10.0. The normalized spacial score (nSPS) is 14.8. The number of carbonyl (C=O) groups excluding carboxylic acids is 1. The number of carbonyl (C=O) groups is 1. The van der Waals surface area contributed by atoms with Crippen molar-refractivity contribution >= 4 is 35.0 Å². The number of unbranched alkanes of at least 4 members (excludes halogenated alkanes) is 2. The third kappa shape index (κ3) is 4.25. The van der Waals surface area contributed by atoms with Crippen LogP contribution in [-0.2, 0) is 4.79 Å². The third-order valence-corrected chi connectivity index (χ3v) is 6.42. The van der Waals surface area contributed by atoms with Crippen LogP contribution in [0.3, 0.4) is 0 Å². The first kappa shape index (κ1) is 21.6. The second-order valence-corrected chi connectivity index (χ2v) is 8.96. The standard InChI is InChI=1S/C23H23ClN4O2S/c1-3-4-7-13-31-23-25-21(30)20-18-11-5-6-12-19(18)27(15(2)29)22(28(20)26-23)16-9-8-10-17(24)14-16/h5-6,8-12,14,22H,3-4,7,13H2,1-2H3/p+1. The number of halogens is 1. The van der Waals surface area contributed by atoms with Gasteiger partial charge in [-0.25, -0.2) is 4.90 Å². The van der Waals surface area contributed by atoms with Gasteiger partial charge in [0.1, 0.15) is 0 Å². The predicted molar refractivity (Wildman–Crippen MR) is 123 cm³/mol. The first-order chi connectivity index (χ1) is 15.0. The second kappa shape index (κ2) is 9.24. The summed E-state index contributed by atoms with van der Waals surface area (Å²) >= 11 is 7.80. The molecule has 0 spiro atoms. The summed E-state index contributed by atoms with van der Waals surface area (Å²) in [5, 5.41) is 5.88. The Kier molecular flexibility index (Phi) is 6.43. The Morgan fingerprint density at radius 2 is 2.03 bits per heavy atom. The van der Waals surface area contributed by atoms with Gasteiger partial charge in [-0.1, -0.05) is 67.4 Å². The number of para-hydroxylation sites is 1. The first-order valence-corrected chi connectivity index (χ1v) is 11.7. The lowest BCUT2D eigenvalue weighted by Gasteiger charge is -2.31. The van der Waals surface area contributed by atoms with Gasteiger partial charge in [0.05, 0.1) is 11.3 Å². The van der Waals surface area contributed by atoms with E-state index >= 15 is 0 Å². The Bertz CT molecular complexity index is 1180. The van der Waals surface area contributed by atoms with Crippen LogP contribution in [0.2, 0.25) is 5.02 Å². The lowest BCUT2D eigenvalue weighted by Crippen LogP contribution is -2.60. The van der Waals surface area contributed by atoms with Crippen LogP contribution in [0.15, 0.2) is 58.5 Å². The molecule has 0 radical (unpaired) electrons. The number of aromatic amines is 1. The number of anilines is 1. The van der Waals surface area contributed by atoms with Crippen molar-refractivity contribution in [2.75, 3.05) is 10.7 Å². The van der Waals surface area contributed by atoms with E-state index in [9.17, 15) is 9.59 Å². The smallest absolute Gasteiger partial charge is 0.291 e. The minimum atomic E-state index is -0.613.